The van der Waals surface area contributed by atoms with Crippen LogP contribution in [0, 0.1) is 0 Å². The maximum absolute atomic E-state index is 8.80. The van der Waals surface area contributed by atoms with Gasteiger partial charge in [-0.3, -0.25) is 0 Å². The van der Waals surface area contributed by atoms with Crippen molar-refractivity contribution in [1.29, 1.82) is 0 Å². The zero-order valence-electron chi connectivity index (χ0n) is 11.6. The molecule has 102 valence electrons. The van der Waals surface area contributed by atoms with Crippen LogP contribution in [0.15, 0.2) is 36.4 Å². The van der Waals surface area contributed by atoms with Crippen molar-refractivity contribution in [2.24, 2.45) is 0 Å². The number of aryl methyl sites for hydroxylation is 1. The normalized spacial score (nSPS) is 10.8. The molecule has 0 heterocycles. The molecule has 2 rings (SSSR count). The molecule has 0 aliphatic rings. The van der Waals surface area contributed by atoms with Gasteiger partial charge in [0, 0.05) is 6.61 Å². The van der Waals surface area contributed by atoms with Crippen molar-refractivity contribution >= 4 is 10.8 Å². The number of ether oxygens (including phenoxy) is 1. The monoisotopic (exact) mass is 258 g/mol. The lowest BCUT2D eigenvalue weighted by atomic mass is 10.0. The van der Waals surface area contributed by atoms with Gasteiger partial charge in [0.15, 0.2) is 0 Å². The van der Waals surface area contributed by atoms with Gasteiger partial charge in [0.05, 0.1) is 6.61 Å². The average Bonchev–Trinajstić information content (AvgIpc) is 2.45. The van der Waals surface area contributed by atoms with Gasteiger partial charge < -0.3 is 9.84 Å². The molecule has 19 heavy (non-hydrogen) atoms. The Morgan fingerprint density at radius 2 is 1.79 bits per heavy atom. The first-order chi connectivity index (χ1) is 9.33. The number of rotatable bonds is 7. The van der Waals surface area contributed by atoms with Gasteiger partial charge in [0.2, 0.25) is 0 Å². The van der Waals surface area contributed by atoms with Crippen molar-refractivity contribution in [1.82, 2.24) is 0 Å². The van der Waals surface area contributed by atoms with E-state index < -0.39 is 0 Å². The molecule has 0 fully saturated rings. The second kappa shape index (κ2) is 7.15. The summed E-state index contributed by atoms with van der Waals surface area (Å²) in [4.78, 5) is 0. The highest BCUT2D eigenvalue weighted by Gasteiger charge is 2.00. The Kier molecular flexibility index (Phi) is 5.22. The molecule has 2 aromatic carbocycles. The molecule has 0 saturated carbocycles. The molecule has 0 unspecified atom stereocenters. The van der Waals surface area contributed by atoms with E-state index >= 15 is 0 Å². The van der Waals surface area contributed by atoms with Crippen molar-refractivity contribution in [3.8, 4) is 5.75 Å². The molecule has 0 amide bonds. The summed E-state index contributed by atoms with van der Waals surface area (Å²) in [6, 6.07) is 12.8. The molecule has 2 nitrogen and oxygen atoms in total. The van der Waals surface area contributed by atoms with Crippen LogP contribution in [0.2, 0.25) is 0 Å². The van der Waals surface area contributed by atoms with E-state index in [1.54, 1.807) is 0 Å². The van der Waals surface area contributed by atoms with Gasteiger partial charge in [-0.1, -0.05) is 31.2 Å². The minimum atomic E-state index is 0.283. The number of hydrogen-bond donors (Lipinski definition) is 1. The zero-order valence-corrected chi connectivity index (χ0v) is 11.6. The predicted octanol–water partition coefficient (Wildman–Crippen LogP) is 3.94. The molecule has 0 aliphatic heterocycles. The Morgan fingerprint density at radius 1 is 1.00 bits per heavy atom. The van der Waals surface area contributed by atoms with Crippen LogP contribution in [0.3, 0.4) is 0 Å². The third-order valence-electron chi connectivity index (χ3n) is 3.22. The Hall–Kier alpha value is -1.54. The fourth-order valence-corrected chi connectivity index (χ4v) is 2.18. The molecular formula is C17H22O2. The number of aliphatic hydroxyl groups excluding tert-OH is 1. The van der Waals surface area contributed by atoms with Crippen LogP contribution in [0.25, 0.3) is 10.8 Å². The maximum atomic E-state index is 8.80. The SMILES string of the molecule is CCCOc1ccc2cc(CCCCO)ccc2c1. The van der Waals surface area contributed by atoms with Gasteiger partial charge in [-0.25, -0.2) is 0 Å². The third-order valence-corrected chi connectivity index (χ3v) is 3.22. The molecule has 0 saturated heterocycles. The van der Waals surface area contributed by atoms with Crippen molar-refractivity contribution in [2.45, 2.75) is 32.6 Å². The number of unbranched alkanes of at least 4 members (excludes halogenated alkanes) is 1. The molecule has 1 N–H and O–H groups in total. The van der Waals surface area contributed by atoms with Gasteiger partial charge >= 0.3 is 0 Å². The van der Waals surface area contributed by atoms with Gasteiger partial charge in [-0.15, -0.1) is 0 Å². The van der Waals surface area contributed by atoms with Crippen LogP contribution >= 0.6 is 0 Å². The summed E-state index contributed by atoms with van der Waals surface area (Å²) in [7, 11) is 0. The summed E-state index contributed by atoms with van der Waals surface area (Å²) >= 11 is 0. The fourth-order valence-electron chi connectivity index (χ4n) is 2.18. The largest absolute Gasteiger partial charge is 0.494 e. The van der Waals surface area contributed by atoms with E-state index in [9.17, 15) is 0 Å². The standard InChI is InChI=1S/C17H22O2/c1-2-11-19-17-9-8-15-12-14(5-3-4-10-18)6-7-16(15)13-17/h6-9,12-13,18H,2-5,10-11H2,1H3. The summed E-state index contributed by atoms with van der Waals surface area (Å²) in [5, 5.41) is 11.3. The minimum Gasteiger partial charge on any atom is -0.494 e. The Morgan fingerprint density at radius 3 is 2.58 bits per heavy atom. The van der Waals surface area contributed by atoms with Crippen LogP contribution in [-0.4, -0.2) is 18.3 Å². The maximum Gasteiger partial charge on any atom is 0.119 e. The predicted molar refractivity (Wildman–Crippen MR) is 79.8 cm³/mol. The Balaban J connectivity index is 2.11. The molecule has 0 spiro atoms. The fraction of sp³-hybridized carbons (Fsp3) is 0.412. The van der Waals surface area contributed by atoms with E-state index in [4.69, 9.17) is 9.84 Å². The van der Waals surface area contributed by atoms with Crippen molar-refractivity contribution in [3.63, 3.8) is 0 Å². The van der Waals surface area contributed by atoms with Gasteiger partial charge in [0.25, 0.3) is 0 Å². The van der Waals surface area contributed by atoms with Crippen LogP contribution < -0.4 is 4.74 Å². The van der Waals surface area contributed by atoms with Crippen LogP contribution in [0.5, 0.6) is 5.75 Å². The third kappa shape index (κ3) is 3.97. The highest BCUT2D eigenvalue weighted by Crippen LogP contribution is 2.22. The highest BCUT2D eigenvalue weighted by atomic mass is 16.5. The lowest BCUT2D eigenvalue weighted by molar-refractivity contribution is 0.284. The first-order valence-corrected chi connectivity index (χ1v) is 7.10. The van der Waals surface area contributed by atoms with E-state index in [2.05, 4.69) is 37.3 Å². The lowest BCUT2D eigenvalue weighted by Crippen LogP contribution is -1.94. The Labute approximate surface area is 115 Å². The van der Waals surface area contributed by atoms with Crippen molar-refractivity contribution < 1.29 is 9.84 Å². The Bertz CT molecular complexity index is 520. The second-order valence-corrected chi connectivity index (χ2v) is 4.87. The summed E-state index contributed by atoms with van der Waals surface area (Å²) < 4.78 is 5.65. The summed E-state index contributed by atoms with van der Waals surface area (Å²) in [6.45, 7) is 3.16. The first kappa shape index (κ1) is 13.9. The van der Waals surface area contributed by atoms with E-state index in [0.717, 1.165) is 38.0 Å². The van der Waals surface area contributed by atoms with Crippen LogP contribution in [0.1, 0.15) is 31.7 Å². The average molecular weight is 258 g/mol. The molecule has 2 aromatic rings. The number of fused-ring (bicyclic) bond motifs is 1. The van der Waals surface area contributed by atoms with E-state index in [0.29, 0.717) is 0 Å². The van der Waals surface area contributed by atoms with E-state index in [1.807, 2.05) is 6.07 Å². The summed E-state index contributed by atoms with van der Waals surface area (Å²) in [5.74, 6) is 0.947. The quantitative estimate of drug-likeness (QED) is 0.762. The molecule has 0 aliphatic carbocycles. The van der Waals surface area contributed by atoms with Crippen molar-refractivity contribution in [3.05, 3.63) is 42.0 Å². The molecule has 0 aromatic heterocycles. The zero-order chi connectivity index (χ0) is 13.5. The van der Waals surface area contributed by atoms with Crippen LogP contribution in [-0.2, 0) is 6.42 Å². The number of benzene rings is 2. The number of aliphatic hydroxyl groups is 1. The molecule has 2 heteroatoms. The summed E-state index contributed by atoms with van der Waals surface area (Å²) in [6.07, 6.45) is 3.98. The van der Waals surface area contributed by atoms with E-state index in [-0.39, 0.29) is 6.61 Å². The summed E-state index contributed by atoms with van der Waals surface area (Å²) in [5.41, 5.74) is 1.34. The van der Waals surface area contributed by atoms with Gasteiger partial charge in [-0.2, -0.15) is 0 Å². The molecule has 0 bridgehead atoms. The van der Waals surface area contributed by atoms with Crippen LogP contribution in [0.4, 0.5) is 0 Å². The highest BCUT2D eigenvalue weighted by molar-refractivity contribution is 5.84. The minimum absolute atomic E-state index is 0.283. The number of hydrogen-bond acceptors (Lipinski definition) is 2. The van der Waals surface area contributed by atoms with Gasteiger partial charge in [0.1, 0.15) is 5.75 Å². The first-order valence-electron chi connectivity index (χ1n) is 7.10. The molecule has 0 radical (unpaired) electrons. The van der Waals surface area contributed by atoms with E-state index in [1.165, 1.54) is 16.3 Å². The topological polar surface area (TPSA) is 29.5 Å². The molecule has 0 atom stereocenters. The smallest absolute Gasteiger partial charge is 0.119 e. The second-order valence-electron chi connectivity index (χ2n) is 4.87. The van der Waals surface area contributed by atoms with Crippen molar-refractivity contribution in [2.75, 3.05) is 13.2 Å². The lowest BCUT2D eigenvalue weighted by Gasteiger charge is -2.07. The van der Waals surface area contributed by atoms with Gasteiger partial charge in [-0.05, 0) is 54.2 Å². The molecular weight excluding hydrogens is 236 g/mol.